The molecule has 97 valence electrons. The molecule has 1 aliphatic heterocycles. The van der Waals surface area contributed by atoms with Gasteiger partial charge in [-0.15, -0.1) is 0 Å². The van der Waals surface area contributed by atoms with Crippen LogP contribution in [-0.2, 0) is 26.5 Å². The van der Waals surface area contributed by atoms with Gasteiger partial charge in [-0.05, 0) is 35.7 Å². The topological polar surface area (TPSA) is 3.24 Å². The van der Waals surface area contributed by atoms with Crippen LogP contribution in [0.3, 0.4) is 0 Å². The summed E-state index contributed by atoms with van der Waals surface area (Å²) < 4.78 is 0. The molecule has 0 amide bonds. The van der Waals surface area contributed by atoms with Crippen molar-refractivity contribution in [2.45, 2.75) is 6.42 Å². The molecule has 0 bridgehead atoms. The van der Waals surface area contributed by atoms with Crippen molar-refractivity contribution in [3.8, 4) is 0 Å². The van der Waals surface area contributed by atoms with E-state index in [1.54, 1.807) is 0 Å². The molecule has 3 rings (SSSR count). The number of fused-ring (bicyclic) bond motifs is 1. The largest absolute Gasteiger partial charge is 0.317 e. The first-order valence-electron chi connectivity index (χ1n) is 6.15. The van der Waals surface area contributed by atoms with Crippen LogP contribution in [0.25, 0.3) is 6.08 Å². The maximum atomic E-state index is 3.78. The molecular weight excluding hydrogens is 410 g/mol. The van der Waals surface area contributed by atoms with Gasteiger partial charge < -0.3 is 4.90 Å². The zero-order chi connectivity index (χ0) is 12.4. The summed E-state index contributed by atoms with van der Waals surface area (Å²) in [6.45, 7) is 3.78. The number of hydrogen-bond donors (Lipinski definition) is 0. The van der Waals surface area contributed by atoms with E-state index in [1.807, 2.05) is 6.08 Å². The zero-order valence-electron chi connectivity index (χ0n) is 10.5. The monoisotopic (exact) mass is 426 g/mol. The van der Waals surface area contributed by atoms with Crippen molar-refractivity contribution in [3.05, 3.63) is 78.5 Å². The summed E-state index contributed by atoms with van der Waals surface area (Å²) in [7, 11) is 0. The predicted octanol–water partition coefficient (Wildman–Crippen LogP) is 4.54. The van der Waals surface area contributed by atoms with Crippen LogP contribution in [0.4, 0.5) is 11.4 Å². The quantitative estimate of drug-likeness (QED) is 0.683. The van der Waals surface area contributed by atoms with Crippen LogP contribution in [0.5, 0.6) is 0 Å². The van der Waals surface area contributed by atoms with Crippen LogP contribution in [0.2, 0.25) is 0 Å². The van der Waals surface area contributed by atoms with Gasteiger partial charge in [-0.25, -0.2) is 0 Å². The Bertz CT molecular complexity index is 599. The van der Waals surface area contributed by atoms with Crippen molar-refractivity contribution in [3.63, 3.8) is 0 Å². The maximum absolute atomic E-state index is 3.78. The number of anilines is 2. The normalized spacial score (nSPS) is 12.5. The van der Waals surface area contributed by atoms with Crippen LogP contribution in [0.1, 0.15) is 11.1 Å². The Hall–Kier alpha value is -1.63. The SMILES string of the molecule is C=Cc1ccc(N2C=CCc3ccccc32)cc1.[Ir]. The predicted molar refractivity (Wildman–Crippen MR) is 78.0 cm³/mol. The minimum absolute atomic E-state index is 0. The van der Waals surface area contributed by atoms with E-state index in [9.17, 15) is 0 Å². The van der Waals surface area contributed by atoms with Crippen LogP contribution >= 0.6 is 0 Å². The average molecular weight is 426 g/mol. The van der Waals surface area contributed by atoms with Crippen molar-refractivity contribution in [2.24, 2.45) is 0 Å². The molecule has 2 aromatic rings. The Morgan fingerprint density at radius 3 is 2.47 bits per heavy atom. The van der Waals surface area contributed by atoms with Gasteiger partial charge >= 0.3 is 0 Å². The standard InChI is InChI=1S/C17H15N.Ir/c1-2-14-9-11-16(12-10-14)18-13-5-7-15-6-3-4-8-17(15)18;/h2-6,8-13H,1,7H2;. The second-order valence-corrected chi connectivity index (χ2v) is 4.38. The first-order valence-corrected chi connectivity index (χ1v) is 6.15. The van der Waals surface area contributed by atoms with Crippen LogP contribution in [0.15, 0.2) is 67.4 Å². The Balaban J connectivity index is 0.00000133. The van der Waals surface area contributed by atoms with Crippen molar-refractivity contribution in [1.29, 1.82) is 0 Å². The van der Waals surface area contributed by atoms with E-state index < -0.39 is 0 Å². The number of para-hydroxylation sites is 1. The van der Waals surface area contributed by atoms with Crippen molar-refractivity contribution in [2.75, 3.05) is 4.90 Å². The fourth-order valence-corrected chi connectivity index (χ4v) is 2.28. The molecule has 19 heavy (non-hydrogen) atoms. The fourth-order valence-electron chi connectivity index (χ4n) is 2.28. The van der Waals surface area contributed by atoms with E-state index in [4.69, 9.17) is 0 Å². The molecule has 0 saturated heterocycles. The second-order valence-electron chi connectivity index (χ2n) is 4.38. The molecule has 0 unspecified atom stereocenters. The van der Waals surface area contributed by atoms with Gasteiger partial charge in [0, 0.05) is 37.7 Å². The van der Waals surface area contributed by atoms with Gasteiger partial charge in [-0.1, -0.05) is 49.1 Å². The summed E-state index contributed by atoms with van der Waals surface area (Å²) in [5.74, 6) is 0. The third-order valence-corrected chi connectivity index (χ3v) is 3.25. The van der Waals surface area contributed by atoms with E-state index in [-0.39, 0.29) is 20.1 Å². The summed E-state index contributed by atoms with van der Waals surface area (Å²) >= 11 is 0. The van der Waals surface area contributed by atoms with Crippen LogP contribution in [-0.4, -0.2) is 0 Å². The van der Waals surface area contributed by atoms with Crippen LogP contribution < -0.4 is 4.90 Å². The van der Waals surface area contributed by atoms with E-state index in [2.05, 4.69) is 72.3 Å². The summed E-state index contributed by atoms with van der Waals surface area (Å²) in [5, 5.41) is 0. The molecule has 1 aliphatic rings. The fraction of sp³-hybridized carbons (Fsp3) is 0.0588. The Labute approximate surface area is 127 Å². The van der Waals surface area contributed by atoms with Gasteiger partial charge in [0.05, 0.1) is 0 Å². The second kappa shape index (κ2) is 6.01. The van der Waals surface area contributed by atoms with E-state index in [1.165, 1.54) is 16.9 Å². The summed E-state index contributed by atoms with van der Waals surface area (Å²) in [5.41, 5.74) is 4.97. The molecular formula is C17H15IrN. The average Bonchev–Trinajstić information content (AvgIpc) is 2.47. The molecule has 0 fully saturated rings. The summed E-state index contributed by atoms with van der Waals surface area (Å²) in [6.07, 6.45) is 7.22. The third kappa shape index (κ3) is 2.70. The Kier molecular flexibility index (Phi) is 4.36. The molecule has 2 aromatic carbocycles. The van der Waals surface area contributed by atoms with Crippen molar-refractivity contribution >= 4 is 17.5 Å². The zero-order valence-corrected chi connectivity index (χ0v) is 12.9. The van der Waals surface area contributed by atoms with Crippen LogP contribution in [0, 0.1) is 0 Å². The number of hydrogen-bond acceptors (Lipinski definition) is 1. The molecule has 0 saturated carbocycles. The van der Waals surface area contributed by atoms with Gasteiger partial charge in [-0.2, -0.15) is 0 Å². The molecule has 0 N–H and O–H groups in total. The van der Waals surface area contributed by atoms with E-state index in [0.717, 1.165) is 12.0 Å². The van der Waals surface area contributed by atoms with Gasteiger partial charge in [0.1, 0.15) is 0 Å². The van der Waals surface area contributed by atoms with Gasteiger partial charge in [0.25, 0.3) is 0 Å². The van der Waals surface area contributed by atoms with Gasteiger partial charge in [-0.3, -0.25) is 0 Å². The Morgan fingerprint density at radius 2 is 1.74 bits per heavy atom. The number of rotatable bonds is 2. The summed E-state index contributed by atoms with van der Waals surface area (Å²) in [4.78, 5) is 2.23. The Morgan fingerprint density at radius 1 is 1.00 bits per heavy atom. The molecule has 1 radical (unpaired) electrons. The first kappa shape index (κ1) is 13.8. The van der Waals surface area contributed by atoms with Crippen molar-refractivity contribution < 1.29 is 20.1 Å². The minimum Gasteiger partial charge on any atom is -0.317 e. The van der Waals surface area contributed by atoms with Gasteiger partial charge in [0.15, 0.2) is 0 Å². The molecule has 0 atom stereocenters. The maximum Gasteiger partial charge on any atom is 0.0490 e. The van der Waals surface area contributed by atoms with E-state index in [0.29, 0.717) is 0 Å². The minimum atomic E-state index is 0. The van der Waals surface area contributed by atoms with E-state index >= 15 is 0 Å². The molecule has 0 aromatic heterocycles. The first-order chi connectivity index (χ1) is 8.88. The third-order valence-electron chi connectivity index (χ3n) is 3.25. The summed E-state index contributed by atoms with van der Waals surface area (Å²) in [6, 6.07) is 17.0. The van der Waals surface area contributed by atoms with Gasteiger partial charge in [0.2, 0.25) is 0 Å². The van der Waals surface area contributed by atoms with Crippen molar-refractivity contribution in [1.82, 2.24) is 0 Å². The number of allylic oxidation sites excluding steroid dienone is 1. The molecule has 0 spiro atoms. The number of benzene rings is 2. The molecule has 1 heterocycles. The number of nitrogens with zero attached hydrogens (tertiary/aromatic N) is 1. The molecule has 2 heteroatoms. The molecule has 0 aliphatic carbocycles. The smallest absolute Gasteiger partial charge is 0.0490 e. The molecule has 1 nitrogen and oxygen atoms in total.